The summed E-state index contributed by atoms with van der Waals surface area (Å²) >= 11 is 0. The van der Waals surface area contributed by atoms with E-state index in [1.54, 1.807) is 6.20 Å². The van der Waals surface area contributed by atoms with Gasteiger partial charge < -0.3 is 5.32 Å². The first-order valence-electron chi connectivity index (χ1n) is 6.75. The van der Waals surface area contributed by atoms with Crippen LogP contribution in [0.3, 0.4) is 0 Å². The fourth-order valence-corrected chi connectivity index (χ4v) is 2.17. The fraction of sp³-hybridized carbons (Fsp3) is 0.0588. The zero-order valence-corrected chi connectivity index (χ0v) is 11.4. The van der Waals surface area contributed by atoms with Gasteiger partial charge in [-0.15, -0.1) is 0 Å². The maximum atomic E-state index is 12.0. The van der Waals surface area contributed by atoms with Crippen molar-refractivity contribution >= 4 is 11.6 Å². The van der Waals surface area contributed by atoms with Gasteiger partial charge in [0.1, 0.15) is 0 Å². The second-order valence-corrected chi connectivity index (χ2v) is 4.76. The van der Waals surface area contributed by atoms with Crippen LogP contribution in [0.5, 0.6) is 0 Å². The smallest absolute Gasteiger partial charge is 0.228 e. The molecule has 0 aliphatic carbocycles. The number of nitrogens with one attached hydrogen (secondary N) is 2. The highest BCUT2D eigenvalue weighted by atomic mass is 16.1. The molecule has 0 aliphatic rings. The van der Waals surface area contributed by atoms with Crippen LogP contribution >= 0.6 is 0 Å². The number of carbonyl (C=O) groups excluding carboxylic acids is 1. The molecule has 3 rings (SSSR count). The van der Waals surface area contributed by atoms with E-state index in [1.165, 1.54) is 0 Å². The van der Waals surface area contributed by atoms with Crippen molar-refractivity contribution in [2.45, 2.75) is 6.42 Å². The molecule has 0 saturated heterocycles. The SMILES string of the molecule is O=C(Cc1ccccc1)Nc1cccc(-c2ccn[nH]2)c1. The van der Waals surface area contributed by atoms with Gasteiger partial charge in [-0.2, -0.15) is 5.10 Å². The quantitative estimate of drug-likeness (QED) is 0.769. The number of H-pyrrole nitrogens is 1. The molecule has 1 heterocycles. The average molecular weight is 277 g/mol. The van der Waals surface area contributed by atoms with Crippen LogP contribution in [0, 0.1) is 0 Å². The highest BCUT2D eigenvalue weighted by Gasteiger charge is 2.05. The zero-order chi connectivity index (χ0) is 14.5. The third-order valence-electron chi connectivity index (χ3n) is 3.17. The van der Waals surface area contributed by atoms with Crippen LogP contribution < -0.4 is 5.32 Å². The van der Waals surface area contributed by atoms with E-state index in [0.29, 0.717) is 6.42 Å². The number of aromatic nitrogens is 2. The summed E-state index contributed by atoms with van der Waals surface area (Å²) < 4.78 is 0. The Labute approximate surface area is 122 Å². The maximum Gasteiger partial charge on any atom is 0.228 e. The van der Waals surface area contributed by atoms with E-state index in [4.69, 9.17) is 0 Å². The van der Waals surface area contributed by atoms with Crippen molar-refractivity contribution in [2.75, 3.05) is 5.32 Å². The Bertz CT molecular complexity index is 721. The van der Waals surface area contributed by atoms with Crippen LogP contribution in [0.1, 0.15) is 5.56 Å². The minimum atomic E-state index is -0.0250. The molecular weight excluding hydrogens is 262 g/mol. The van der Waals surface area contributed by atoms with Crippen molar-refractivity contribution in [3.63, 3.8) is 0 Å². The van der Waals surface area contributed by atoms with Gasteiger partial charge in [-0.05, 0) is 23.8 Å². The third-order valence-corrected chi connectivity index (χ3v) is 3.17. The van der Waals surface area contributed by atoms with Crippen molar-refractivity contribution in [3.05, 3.63) is 72.4 Å². The maximum absolute atomic E-state index is 12.0. The number of nitrogens with zero attached hydrogens (tertiary/aromatic N) is 1. The Morgan fingerprint density at radius 3 is 2.67 bits per heavy atom. The van der Waals surface area contributed by atoms with Crippen molar-refractivity contribution in [3.8, 4) is 11.3 Å². The predicted octanol–water partition coefficient (Wildman–Crippen LogP) is 3.26. The molecule has 4 heteroatoms. The second kappa shape index (κ2) is 6.05. The topological polar surface area (TPSA) is 57.8 Å². The number of carbonyl (C=O) groups is 1. The highest BCUT2D eigenvalue weighted by molar-refractivity contribution is 5.92. The van der Waals surface area contributed by atoms with E-state index in [-0.39, 0.29) is 5.91 Å². The Hall–Kier alpha value is -2.88. The zero-order valence-electron chi connectivity index (χ0n) is 11.4. The van der Waals surface area contributed by atoms with Crippen molar-refractivity contribution in [2.24, 2.45) is 0 Å². The van der Waals surface area contributed by atoms with Crippen molar-refractivity contribution < 1.29 is 4.79 Å². The summed E-state index contributed by atoms with van der Waals surface area (Å²) in [6.45, 7) is 0. The van der Waals surface area contributed by atoms with Gasteiger partial charge in [-0.25, -0.2) is 0 Å². The summed E-state index contributed by atoms with van der Waals surface area (Å²) in [6.07, 6.45) is 2.07. The fourth-order valence-electron chi connectivity index (χ4n) is 2.17. The lowest BCUT2D eigenvalue weighted by molar-refractivity contribution is -0.115. The molecule has 0 spiro atoms. The molecule has 1 amide bonds. The minimum Gasteiger partial charge on any atom is -0.326 e. The Morgan fingerprint density at radius 1 is 1.05 bits per heavy atom. The molecule has 104 valence electrons. The molecule has 21 heavy (non-hydrogen) atoms. The first kappa shape index (κ1) is 13.1. The van der Waals surface area contributed by atoms with Gasteiger partial charge in [-0.1, -0.05) is 42.5 Å². The van der Waals surface area contributed by atoms with Crippen LogP contribution in [-0.4, -0.2) is 16.1 Å². The van der Waals surface area contributed by atoms with Crippen LogP contribution in [0.15, 0.2) is 66.9 Å². The summed E-state index contributed by atoms with van der Waals surface area (Å²) in [6, 6.07) is 19.3. The predicted molar refractivity (Wildman–Crippen MR) is 82.8 cm³/mol. The normalized spacial score (nSPS) is 10.3. The number of rotatable bonds is 4. The number of hydrogen-bond acceptors (Lipinski definition) is 2. The number of benzene rings is 2. The second-order valence-electron chi connectivity index (χ2n) is 4.76. The van der Waals surface area contributed by atoms with Crippen LogP contribution in [0.25, 0.3) is 11.3 Å². The van der Waals surface area contributed by atoms with E-state index < -0.39 is 0 Å². The molecular formula is C17H15N3O. The van der Waals surface area contributed by atoms with Crippen molar-refractivity contribution in [1.29, 1.82) is 0 Å². The lowest BCUT2D eigenvalue weighted by Crippen LogP contribution is -2.14. The molecule has 2 aromatic carbocycles. The molecule has 0 atom stereocenters. The minimum absolute atomic E-state index is 0.0250. The molecule has 2 N–H and O–H groups in total. The summed E-state index contributed by atoms with van der Waals surface area (Å²) in [5, 5.41) is 9.76. The molecule has 0 saturated carbocycles. The van der Waals surface area contributed by atoms with E-state index in [9.17, 15) is 4.79 Å². The molecule has 1 aromatic heterocycles. The Morgan fingerprint density at radius 2 is 1.90 bits per heavy atom. The van der Waals surface area contributed by atoms with Crippen molar-refractivity contribution in [1.82, 2.24) is 10.2 Å². The van der Waals surface area contributed by atoms with E-state index >= 15 is 0 Å². The number of aromatic amines is 1. The summed E-state index contributed by atoms with van der Waals surface area (Å²) in [5.41, 5.74) is 3.70. The third kappa shape index (κ3) is 3.36. The number of amides is 1. The summed E-state index contributed by atoms with van der Waals surface area (Å²) in [7, 11) is 0. The standard InChI is InChI=1S/C17H15N3O/c21-17(11-13-5-2-1-3-6-13)19-15-8-4-7-14(12-15)16-9-10-18-20-16/h1-10,12H,11H2,(H,18,20)(H,19,21). The van der Waals surface area contributed by atoms with Gasteiger partial charge in [0.05, 0.1) is 12.1 Å². The van der Waals surface area contributed by atoms with Gasteiger partial charge in [0.15, 0.2) is 0 Å². The van der Waals surface area contributed by atoms with Gasteiger partial charge in [0.2, 0.25) is 5.91 Å². The molecule has 3 aromatic rings. The van der Waals surface area contributed by atoms with E-state index in [0.717, 1.165) is 22.5 Å². The van der Waals surface area contributed by atoms with Gasteiger partial charge in [0, 0.05) is 17.4 Å². The number of hydrogen-bond donors (Lipinski definition) is 2. The Kier molecular flexibility index (Phi) is 3.78. The number of anilines is 1. The lowest BCUT2D eigenvalue weighted by atomic mass is 10.1. The largest absolute Gasteiger partial charge is 0.326 e. The Balaban J connectivity index is 1.70. The summed E-state index contributed by atoms with van der Waals surface area (Å²) in [4.78, 5) is 12.0. The lowest BCUT2D eigenvalue weighted by Gasteiger charge is -2.07. The molecule has 0 unspecified atom stereocenters. The van der Waals surface area contributed by atoms with Gasteiger partial charge in [-0.3, -0.25) is 9.89 Å². The van der Waals surface area contributed by atoms with Crippen LogP contribution in [0.2, 0.25) is 0 Å². The molecule has 0 bridgehead atoms. The first-order chi connectivity index (χ1) is 10.3. The van der Waals surface area contributed by atoms with E-state index in [2.05, 4.69) is 15.5 Å². The first-order valence-corrected chi connectivity index (χ1v) is 6.75. The van der Waals surface area contributed by atoms with Crippen LogP contribution in [0.4, 0.5) is 5.69 Å². The molecule has 0 aliphatic heterocycles. The van der Waals surface area contributed by atoms with Gasteiger partial charge in [0.25, 0.3) is 0 Å². The highest BCUT2D eigenvalue weighted by Crippen LogP contribution is 2.20. The molecule has 0 radical (unpaired) electrons. The van der Waals surface area contributed by atoms with Crippen LogP contribution in [-0.2, 0) is 11.2 Å². The monoisotopic (exact) mass is 277 g/mol. The van der Waals surface area contributed by atoms with Gasteiger partial charge >= 0.3 is 0 Å². The molecule has 0 fully saturated rings. The summed E-state index contributed by atoms with van der Waals surface area (Å²) in [5.74, 6) is -0.0250. The average Bonchev–Trinajstić information content (AvgIpc) is 3.02. The molecule has 4 nitrogen and oxygen atoms in total. The van der Waals surface area contributed by atoms with E-state index in [1.807, 2.05) is 60.7 Å².